The molecule has 0 spiro atoms. The molecule has 0 bridgehead atoms. The molecule has 2 aromatic rings. The number of carbonyl (C=O) groups is 2. The molecule has 36 heavy (non-hydrogen) atoms. The third-order valence-electron chi connectivity index (χ3n) is 7.03. The molecule has 0 aromatic heterocycles. The van der Waals surface area contributed by atoms with Crippen molar-refractivity contribution in [3.8, 4) is 0 Å². The van der Waals surface area contributed by atoms with Crippen LogP contribution in [0.2, 0.25) is 0 Å². The van der Waals surface area contributed by atoms with Crippen LogP contribution in [0.5, 0.6) is 0 Å². The number of carbonyl (C=O) groups excluding carboxylic acids is 2. The van der Waals surface area contributed by atoms with E-state index in [9.17, 15) is 18.4 Å². The van der Waals surface area contributed by atoms with Gasteiger partial charge in [-0.2, -0.15) is 0 Å². The summed E-state index contributed by atoms with van der Waals surface area (Å²) in [4.78, 5) is 31.4. The average Bonchev–Trinajstić information content (AvgIpc) is 2.91. The lowest BCUT2D eigenvalue weighted by Gasteiger charge is -2.32. The van der Waals surface area contributed by atoms with E-state index in [0.717, 1.165) is 26.2 Å². The van der Waals surface area contributed by atoms with E-state index in [2.05, 4.69) is 9.80 Å². The van der Waals surface area contributed by atoms with Gasteiger partial charge in [0.15, 0.2) is 11.6 Å². The Morgan fingerprint density at radius 1 is 0.639 bits per heavy atom. The first-order valence-corrected chi connectivity index (χ1v) is 12.7. The van der Waals surface area contributed by atoms with Crippen LogP contribution in [-0.2, 0) is 9.47 Å². The summed E-state index contributed by atoms with van der Waals surface area (Å²) in [5.41, 5.74) is 0.952. The highest BCUT2D eigenvalue weighted by Crippen LogP contribution is 2.24. The Balaban J connectivity index is 1.51. The first-order valence-electron chi connectivity index (χ1n) is 12.7. The van der Waals surface area contributed by atoms with Gasteiger partial charge in [-0.05, 0) is 61.4 Å². The van der Waals surface area contributed by atoms with Crippen molar-refractivity contribution >= 4 is 11.6 Å². The van der Waals surface area contributed by atoms with E-state index in [1.54, 1.807) is 0 Å². The predicted molar refractivity (Wildman–Crippen MR) is 132 cm³/mol. The summed E-state index contributed by atoms with van der Waals surface area (Å²) >= 11 is 0. The van der Waals surface area contributed by atoms with Crippen molar-refractivity contribution in [2.24, 2.45) is 11.8 Å². The van der Waals surface area contributed by atoms with Gasteiger partial charge >= 0.3 is 0 Å². The number of hydrogen-bond acceptors (Lipinski definition) is 6. The number of ketones is 2. The number of ether oxygens (including phenoxy) is 2. The Hall–Kier alpha value is -2.52. The van der Waals surface area contributed by atoms with Gasteiger partial charge in [-0.1, -0.05) is 0 Å². The highest BCUT2D eigenvalue weighted by Gasteiger charge is 2.29. The van der Waals surface area contributed by atoms with Crippen LogP contribution in [0.4, 0.5) is 8.78 Å². The second kappa shape index (κ2) is 13.1. The first kappa shape index (κ1) is 26.5. The molecule has 4 rings (SSSR count). The largest absolute Gasteiger partial charge is 0.379 e. The van der Waals surface area contributed by atoms with Crippen LogP contribution in [0.15, 0.2) is 48.5 Å². The molecule has 6 nitrogen and oxygen atoms in total. The van der Waals surface area contributed by atoms with Crippen LogP contribution in [0.25, 0.3) is 0 Å². The lowest BCUT2D eigenvalue weighted by Crippen LogP contribution is -2.42. The van der Waals surface area contributed by atoms with Gasteiger partial charge in [0.1, 0.15) is 11.6 Å². The van der Waals surface area contributed by atoms with Crippen molar-refractivity contribution in [2.45, 2.75) is 12.8 Å². The highest BCUT2D eigenvalue weighted by molar-refractivity contribution is 5.99. The zero-order valence-corrected chi connectivity index (χ0v) is 20.5. The molecule has 0 amide bonds. The maximum absolute atomic E-state index is 13.5. The fourth-order valence-corrected chi connectivity index (χ4v) is 4.90. The monoisotopic (exact) mass is 500 g/mol. The van der Waals surface area contributed by atoms with Gasteiger partial charge in [0.2, 0.25) is 0 Å². The molecule has 2 unspecified atom stereocenters. The maximum Gasteiger partial charge on any atom is 0.167 e. The minimum absolute atomic E-state index is 0.0409. The summed E-state index contributed by atoms with van der Waals surface area (Å²) in [6.45, 7) is 6.62. The number of Topliss-reactive ketones (excluding diaryl/α,β-unsaturated/α-hetero) is 2. The Bertz CT molecular complexity index is 906. The second-order valence-corrected chi connectivity index (χ2v) is 9.54. The molecule has 2 aliphatic heterocycles. The summed E-state index contributed by atoms with van der Waals surface area (Å²) in [7, 11) is 0. The van der Waals surface area contributed by atoms with Gasteiger partial charge < -0.3 is 9.47 Å². The summed E-state index contributed by atoms with van der Waals surface area (Å²) in [5, 5.41) is 0. The molecular weight excluding hydrogens is 466 g/mol. The fourth-order valence-electron chi connectivity index (χ4n) is 4.90. The topological polar surface area (TPSA) is 59.1 Å². The quantitative estimate of drug-likeness (QED) is 0.439. The van der Waals surface area contributed by atoms with Crippen LogP contribution in [0.3, 0.4) is 0 Å². The number of morpholine rings is 2. The third-order valence-corrected chi connectivity index (χ3v) is 7.03. The summed E-state index contributed by atoms with van der Waals surface area (Å²) in [6.07, 6.45) is 1.05. The fraction of sp³-hybridized carbons (Fsp3) is 0.500. The van der Waals surface area contributed by atoms with Gasteiger partial charge in [0, 0.05) is 62.2 Å². The van der Waals surface area contributed by atoms with Gasteiger partial charge in [0.25, 0.3) is 0 Å². The molecule has 2 fully saturated rings. The van der Waals surface area contributed by atoms with Crippen molar-refractivity contribution < 1.29 is 27.8 Å². The molecule has 2 aromatic carbocycles. The molecule has 0 saturated carbocycles. The SMILES string of the molecule is O=C(c1ccc(F)cc1)C(CCC(CN1CCOCC1)C(=O)c1ccc(F)cc1)CN1CCOCC1. The van der Waals surface area contributed by atoms with Crippen molar-refractivity contribution in [2.75, 3.05) is 65.7 Å². The summed E-state index contributed by atoms with van der Waals surface area (Å²) in [6, 6.07) is 11.3. The van der Waals surface area contributed by atoms with Crippen molar-refractivity contribution in [3.05, 3.63) is 71.3 Å². The van der Waals surface area contributed by atoms with Crippen LogP contribution < -0.4 is 0 Å². The molecule has 2 heterocycles. The molecule has 2 atom stereocenters. The zero-order valence-electron chi connectivity index (χ0n) is 20.5. The van der Waals surface area contributed by atoms with E-state index in [0.29, 0.717) is 63.5 Å². The van der Waals surface area contributed by atoms with E-state index in [-0.39, 0.29) is 35.0 Å². The van der Waals surface area contributed by atoms with Crippen molar-refractivity contribution in [1.29, 1.82) is 0 Å². The molecule has 8 heteroatoms. The third kappa shape index (κ3) is 7.49. The number of benzene rings is 2. The molecule has 2 aliphatic rings. The van der Waals surface area contributed by atoms with Gasteiger partial charge in [0.05, 0.1) is 26.4 Å². The molecule has 2 saturated heterocycles. The summed E-state index contributed by atoms with van der Waals surface area (Å²) < 4.78 is 37.8. The number of halogens is 2. The predicted octanol–water partition coefficient (Wildman–Crippen LogP) is 3.71. The van der Waals surface area contributed by atoms with Crippen LogP contribution >= 0.6 is 0 Å². The Kier molecular flexibility index (Phi) is 9.69. The molecule has 0 aliphatic carbocycles. The van der Waals surface area contributed by atoms with Crippen molar-refractivity contribution in [1.82, 2.24) is 9.80 Å². The van der Waals surface area contributed by atoms with Crippen LogP contribution in [0, 0.1) is 23.5 Å². The molecule has 0 radical (unpaired) electrons. The number of nitrogens with zero attached hydrogens (tertiary/aromatic N) is 2. The smallest absolute Gasteiger partial charge is 0.167 e. The first-order chi connectivity index (χ1) is 17.5. The van der Waals surface area contributed by atoms with Crippen LogP contribution in [0.1, 0.15) is 33.6 Å². The molecular formula is C28H34F2N2O4. The average molecular weight is 501 g/mol. The normalized spacial score (nSPS) is 19.1. The molecule has 0 N–H and O–H groups in total. The summed E-state index contributed by atoms with van der Waals surface area (Å²) in [5.74, 6) is -1.51. The Morgan fingerprint density at radius 2 is 0.972 bits per heavy atom. The van der Waals surface area contributed by atoms with E-state index in [1.807, 2.05) is 0 Å². The standard InChI is InChI=1S/C28H34F2N2O4/c29-25-7-3-21(4-8-25)27(33)23(19-31-11-15-35-16-12-31)1-2-24(20-32-13-17-36-18-14-32)28(34)22-5-9-26(30)10-6-22/h3-10,23-24H,1-2,11-20H2. The number of hydrogen-bond donors (Lipinski definition) is 0. The van der Waals surface area contributed by atoms with Crippen molar-refractivity contribution in [3.63, 3.8) is 0 Å². The van der Waals surface area contributed by atoms with Gasteiger partial charge in [-0.3, -0.25) is 19.4 Å². The van der Waals surface area contributed by atoms with E-state index in [1.165, 1.54) is 48.5 Å². The van der Waals surface area contributed by atoms with Crippen LogP contribution in [-0.4, -0.2) is 87.1 Å². The van der Waals surface area contributed by atoms with E-state index >= 15 is 0 Å². The zero-order chi connectivity index (χ0) is 25.3. The van der Waals surface area contributed by atoms with Gasteiger partial charge in [-0.15, -0.1) is 0 Å². The maximum atomic E-state index is 13.5. The van der Waals surface area contributed by atoms with E-state index < -0.39 is 0 Å². The van der Waals surface area contributed by atoms with E-state index in [4.69, 9.17) is 9.47 Å². The molecule has 194 valence electrons. The lowest BCUT2D eigenvalue weighted by atomic mass is 9.86. The Morgan fingerprint density at radius 3 is 1.31 bits per heavy atom. The Labute approximate surface area is 211 Å². The second-order valence-electron chi connectivity index (χ2n) is 9.54. The van der Waals surface area contributed by atoms with Gasteiger partial charge in [-0.25, -0.2) is 8.78 Å². The highest BCUT2D eigenvalue weighted by atomic mass is 19.1. The lowest BCUT2D eigenvalue weighted by molar-refractivity contribution is 0.0254. The minimum atomic E-state index is -0.383. The minimum Gasteiger partial charge on any atom is -0.379 e. The number of rotatable bonds is 11.